The van der Waals surface area contributed by atoms with Crippen LogP contribution in [-0.2, 0) is 51.2 Å². The van der Waals surface area contributed by atoms with Crippen molar-refractivity contribution in [2.75, 3.05) is 19.6 Å². The second-order valence-corrected chi connectivity index (χ2v) is 22.4. The van der Waals surface area contributed by atoms with Gasteiger partial charge in [0, 0.05) is 31.6 Å². The van der Waals surface area contributed by atoms with Gasteiger partial charge in [-0.25, -0.2) is 0 Å². The van der Waals surface area contributed by atoms with Crippen LogP contribution in [-0.4, -0.2) is 132 Å². The van der Waals surface area contributed by atoms with E-state index in [0.717, 1.165) is 24.8 Å². The predicted octanol–water partition coefficient (Wildman–Crippen LogP) is -0.672. The van der Waals surface area contributed by atoms with Gasteiger partial charge in [0.05, 0.1) is 12.5 Å². The van der Waals surface area contributed by atoms with Crippen LogP contribution in [0.3, 0.4) is 0 Å². The van der Waals surface area contributed by atoms with Gasteiger partial charge in [-0.15, -0.1) is 0 Å². The lowest BCUT2D eigenvalue weighted by molar-refractivity contribution is -0.142. The molecule has 23 heteroatoms. The van der Waals surface area contributed by atoms with Gasteiger partial charge in [0.2, 0.25) is 47.3 Å². The molecule has 5 aliphatic rings. The highest BCUT2D eigenvalue weighted by atomic mass is 16.2. The van der Waals surface area contributed by atoms with Crippen LogP contribution in [0.25, 0.3) is 0 Å². The SMILES string of the molecule is CC(C)C[C@H](NC(=O)[C@H](Cc1ccccc1)NC12CC3CC(CC(C3)C1)C2)C(=O)N[C@@H](Cc1ccccc1)C(=O)N[C@@H](CCCN=C(N)N)C(=O)N1CCC[C@H]1C(=O)N[C@@H](CCCN=C(N)N)C(=O)N[C@@H](CC(N)=O)C(N)=O. The van der Waals surface area contributed by atoms with Crippen molar-refractivity contribution < 1.29 is 38.4 Å². The maximum atomic E-state index is 14.8. The lowest BCUT2D eigenvalue weighted by atomic mass is 9.53. The Balaban J connectivity index is 1.22. The largest absolute Gasteiger partial charge is 0.370 e. The third-order valence-corrected chi connectivity index (χ3v) is 15.4. The summed E-state index contributed by atoms with van der Waals surface area (Å²) in [6, 6.07) is 10.9. The fraction of sp³-hybridized carbons (Fsp3) is 0.600. The molecular weight excluding hydrogens is 999 g/mol. The number of guanidine groups is 2. The zero-order chi connectivity index (χ0) is 56.5. The molecule has 4 aliphatic carbocycles. The van der Waals surface area contributed by atoms with E-state index in [4.69, 9.17) is 34.4 Å². The molecule has 1 heterocycles. The van der Waals surface area contributed by atoms with Crippen molar-refractivity contribution in [2.24, 2.45) is 68.1 Å². The lowest BCUT2D eigenvalue weighted by Crippen LogP contribution is -2.64. The average Bonchev–Trinajstić information content (AvgIpc) is 3.97. The number of nitrogens with two attached hydrogens (primary N) is 6. The van der Waals surface area contributed by atoms with Gasteiger partial charge >= 0.3 is 0 Å². The van der Waals surface area contributed by atoms with Crippen molar-refractivity contribution in [3.05, 3.63) is 71.8 Å². The summed E-state index contributed by atoms with van der Waals surface area (Å²) < 4.78 is 0. The standard InChI is InChI=1S/C55H83N15O8/c1-32(2)22-41(67-50(76)43(27-34-14-7-4-8-15-34)69-55-29-35-23-36(30-55)25-37(24-35)31-55)48(74)68-42(26-33-12-5-3-6-13-33)49(75)65-39(17-10-20-63-54(60)61)52(78)70-21-11-18-44(70)51(77)64-38(16-9-19-62-53(58)59)47(73)66-40(46(57)72)28-45(56)71/h3-8,12-15,32,35-44,69H,9-11,16-31H2,1-2H3,(H2,56,71)(H2,57,72)(H,64,77)(H,65,75)(H,66,73)(H,67,76)(H,68,74)(H4,58,59,62)(H4,60,61,63)/t35?,36?,37?,38-,39-,40-,41-,42-,43-,44-,55?/m0/s1. The third kappa shape index (κ3) is 17.9. The summed E-state index contributed by atoms with van der Waals surface area (Å²) in [6.45, 7) is 4.22. The van der Waals surface area contributed by atoms with Crippen molar-refractivity contribution in [3.8, 4) is 0 Å². The zero-order valence-electron chi connectivity index (χ0n) is 45.1. The van der Waals surface area contributed by atoms with E-state index in [-0.39, 0.29) is 93.9 Å². The fourth-order valence-electron chi connectivity index (χ4n) is 12.3. The Morgan fingerprint density at radius 3 is 1.56 bits per heavy atom. The molecule has 426 valence electrons. The topological polar surface area (TPSA) is 393 Å². The van der Waals surface area contributed by atoms with E-state index in [2.05, 4.69) is 41.9 Å². The highest BCUT2D eigenvalue weighted by molar-refractivity contribution is 5.98. The first kappa shape index (κ1) is 59.9. The fourth-order valence-corrected chi connectivity index (χ4v) is 12.3. The van der Waals surface area contributed by atoms with Crippen LogP contribution in [0.2, 0.25) is 0 Å². The number of carbonyl (C=O) groups is 8. The lowest BCUT2D eigenvalue weighted by Gasteiger charge is -2.58. The van der Waals surface area contributed by atoms with Gasteiger partial charge in [-0.2, -0.15) is 0 Å². The van der Waals surface area contributed by atoms with Crippen molar-refractivity contribution in [2.45, 2.75) is 164 Å². The van der Waals surface area contributed by atoms with Gasteiger partial charge < -0.3 is 65.9 Å². The smallest absolute Gasteiger partial charge is 0.245 e. The number of hydrogen-bond donors (Lipinski definition) is 12. The van der Waals surface area contributed by atoms with Gasteiger partial charge in [-0.1, -0.05) is 74.5 Å². The number of carbonyl (C=O) groups excluding carboxylic acids is 8. The van der Waals surface area contributed by atoms with Crippen LogP contribution >= 0.6 is 0 Å². The number of primary amides is 2. The molecule has 78 heavy (non-hydrogen) atoms. The molecule has 23 nitrogen and oxygen atoms in total. The molecule has 1 aliphatic heterocycles. The molecule has 18 N–H and O–H groups in total. The Kier molecular flexibility index (Phi) is 21.8. The number of nitrogens with zero attached hydrogens (tertiary/aromatic N) is 3. The summed E-state index contributed by atoms with van der Waals surface area (Å²) in [5.74, 6) is -4.12. The Morgan fingerprint density at radius 2 is 1.05 bits per heavy atom. The van der Waals surface area contributed by atoms with E-state index in [1.165, 1.54) is 24.2 Å². The van der Waals surface area contributed by atoms with Gasteiger partial charge in [0.15, 0.2) is 11.9 Å². The van der Waals surface area contributed by atoms with Crippen LogP contribution < -0.4 is 66.3 Å². The first-order chi connectivity index (χ1) is 37.2. The minimum atomic E-state index is -1.47. The maximum Gasteiger partial charge on any atom is 0.245 e. The number of amides is 8. The van der Waals surface area contributed by atoms with Crippen LogP contribution in [0, 0.1) is 23.7 Å². The quantitative estimate of drug-likeness (QED) is 0.0263. The molecule has 1 saturated heterocycles. The van der Waals surface area contributed by atoms with Crippen LogP contribution in [0.4, 0.5) is 0 Å². The number of benzene rings is 2. The number of hydrogen-bond acceptors (Lipinski definition) is 11. The predicted molar refractivity (Wildman–Crippen MR) is 295 cm³/mol. The Morgan fingerprint density at radius 1 is 0.590 bits per heavy atom. The summed E-state index contributed by atoms with van der Waals surface area (Å²) in [7, 11) is 0. The molecule has 2 aromatic carbocycles. The second-order valence-electron chi connectivity index (χ2n) is 22.4. The minimum absolute atomic E-state index is 0.0218. The molecule has 2 aromatic rings. The van der Waals surface area contributed by atoms with E-state index >= 15 is 0 Å². The summed E-state index contributed by atoms with van der Waals surface area (Å²) in [5.41, 5.74) is 34.5. The molecule has 7 atom stereocenters. The summed E-state index contributed by atoms with van der Waals surface area (Å²) in [6.07, 6.45) is 7.94. The Bertz CT molecular complexity index is 2430. The molecule has 0 unspecified atom stereocenters. The van der Waals surface area contributed by atoms with Crippen LogP contribution in [0.1, 0.15) is 115 Å². The molecule has 0 radical (unpaired) electrons. The first-order valence-electron chi connectivity index (χ1n) is 27.5. The normalized spacial score (nSPS) is 22.4. The van der Waals surface area contributed by atoms with Crippen LogP contribution in [0.15, 0.2) is 70.6 Å². The Hall–Kier alpha value is -7.30. The number of likely N-dealkylation sites (tertiary alicyclic amines) is 1. The van der Waals surface area contributed by atoms with Gasteiger partial charge in [0.25, 0.3) is 0 Å². The zero-order valence-corrected chi connectivity index (χ0v) is 45.1. The summed E-state index contributed by atoms with van der Waals surface area (Å²) >= 11 is 0. The molecule has 0 spiro atoms. The number of aliphatic imine (C=N–C) groups is 2. The van der Waals surface area contributed by atoms with Gasteiger partial charge in [0.1, 0.15) is 36.3 Å². The average molecular weight is 1080 g/mol. The Labute approximate surface area is 456 Å². The highest BCUT2D eigenvalue weighted by Gasteiger charge is 2.52. The number of rotatable bonds is 30. The van der Waals surface area contributed by atoms with E-state index in [0.29, 0.717) is 36.2 Å². The number of nitrogens with one attached hydrogen (secondary N) is 6. The summed E-state index contributed by atoms with van der Waals surface area (Å²) in [4.78, 5) is 120. The van der Waals surface area contributed by atoms with E-state index < -0.39 is 90.1 Å². The maximum absolute atomic E-state index is 14.8. The van der Waals surface area contributed by atoms with E-state index in [9.17, 15) is 38.4 Å². The highest BCUT2D eigenvalue weighted by Crippen LogP contribution is 2.55. The molecule has 0 aromatic heterocycles. The molecule has 7 rings (SSSR count). The monoisotopic (exact) mass is 1080 g/mol. The molecule has 4 bridgehead atoms. The van der Waals surface area contributed by atoms with Crippen molar-refractivity contribution in [1.29, 1.82) is 0 Å². The molecular formula is C55H83N15O8. The van der Waals surface area contributed by atoms with Gasteiger partial charge in [-0.3, -0.25) is 53.7 Å². The van der Waals surface area contributed by atoms with Crippen molar-refractivity contribution in [1.82, 2.24) is 36.8 Å². The van der Waals surface area contributed by atoms with Gasteiger partial charge in [-0.05, 0) is 125 Å². The van der Waals surface area contributed by atoms with E-state index in [1.54, 1.807) is 0 Å². The molecule has 8 amide bonds. The summed E-state index contributed by atoms with van der Waals surface area (Å²) in [5, 5.41) is 17.9. The first-order valence-corrected chi connectivity index (χ1v) is 27.5. The van der Waals surface area contributed by atoms with Crippen molar-refractivity contribution in [3.63, 3.8) is 0 Å². The van der Waals surface area contributed by atoms with E-state index in [1.807, 2.05) is 74.5 Å². The second kappa shape index (κ2) is 28.4. The van der Waals surface area contributed by atoms with Crippen LogP contribution in [0.5, 0.6) is 0 Å². The molecule has 4 saturated carbocycles. The molecule has 5 fully saturated rings. The van der Waals surface area contributed by atoms with Crippen molar-refractivity contribution >= 4 is 59.2 Å². The third-order valence-electron chi connectivity index (χ3n) is 15.4. The minimum Gasteiger partial charge on any atom is -0.370 e.